The fraction of sp³-hybridized carbons (Fsp3) is 0.480. The molecule has 0 N–H and O–H groups in total. The van der Waals surface area contributed by atoms with E-state index in [2.05, 4.69) is 53.2 Å². The third-order valence-corrected chi connectivity index (χ3v) is 7.47. The first kappa shape index (κ1) is 23.6. The van der Waals surface area contributed by atoms with Gasteiger partial charge in [-0.1, -0.05) is 30.3 Å². The molecule has 2 fully saturated rings. The number of nitriles is 1. The summed E-state index contributed by atoms with van der Waals surface area (Å²) >= 11 is 0. The van der Waals surface area contributed by atoms with Crippen molar-refractivity contribution in [3.63, 3.8) is 0 Å². The Balaban J connectivity index is 1.68. The van der Waals surface area contributed by atoms with E-state index in [1.165, 1.54) is 16.7 Å². The summed E-state index contributed by atoms with van der Waals surface area (Å²) in [5.41, 5.74) is 0.638. The molecule has 0 radical (unpaired) electrons. The average Bonchev–Trinajstić information content (AvgIpc) is 3.11. The van der Waals surface area contributed by atoms with Crippen LogP contribution >= 0.6 is 0 Å². The van der Waals surface area contributed by atoms with Crippen LogP contribution in [0.2, 0.25) is 0 Å². The molecule has 2 aliphatic rings. The van der Waals surface area contributed by atoms with Gasteiger partial charge < -0.3 is 9.80 Å². The van der Waals surface area contributed by atoms with E-state index in [0.29, 0.717) is 12.4 Å². The van der Waals surface area contributed by atoms with E-state index in [4.69, 9.17) is 0 Å². The maximum atomic E-state index is 13.6. The molecule has 0 bridgehead atoms. The zero-order valence-corrected chi connectivity index (χ0v) is 20.2. The van der Waals surface area contributed by atoms with Crippen molar-refractivity contribution in [3.05, 3.63) is 54.0 Å². The van der Waals surface area contributed by atoms with Gasteiger partial charge in [-0.05, 0) is 51.4 Å². The molecule has 1 aromatic carbocycles. The van der Waals surface area contributed by atoms with E-state index in [0.717, 1.165) is 25.7 Å². The van der Waals surface area contributed by atoms with Gasteiger partial charge in [0.25, 0.3) is 0 Å². The highest BCUT2D eigenvalue weighted by Gasteiger charge is 2.55. The van der Waals surface area contributed by atoms with Gasteiger partial charge in [-0.25, -0.2) is 14.8 Å². The van der Waals surface area contributed by atoms with E-state index in [1.807, 2.05) is 12.1 Å². The van der Waals surface area contributed by atoms with Gasteiger partial charge in [-0.2, -0.15) is 5.26 Å². The lowest BCUT2D eigenvalue weighted by Gasteiger charge is -2.51. The summed E-state index contributed by atoms with van der Waals surface area (Å²) < 4.78 is 0. The van der Waals surface area contributed by atoms with E-state index < -0.39 is 5.54 Å². The molecule has 1 saturated heterocycles. The van der Waals surface area contributed by atoms with Crippen LogP contribution in [0.1, 0.15) is 37.1 Å². The van der Waals surface area contributed by atoms with Crippen LogP contribution in [0.5, 0.6) is 0 Å². The molecule has 1 aliphatic carbocycles. The van der Waals surface area contributed by atoms with Crippen LogP contribution in [0.25, 0.3) is 0 Å². The molecule has 1 aromatic heterocycles. The van der Waals surface area contributed by atoms with Gasteiger partial charge in [0.2, 0.25) is 11.7 Å². The summed E-state index contributed by atoms with van der Waals surface area (Å²) in [6.07, 6.45) is 4.69. The fourth-order valence-corrected chi connectivity index (χ4v) is 5.34. The van der Waals surface area contributed by atoms with Gasteiger partial charge in [-0.3, -0.25) is 14.6 Å². The summed E-state index contributed by atoms with van der Waals surface area (Å²) in [6.45, 7) is 0.436. The van der Waals surface area contributed by atoms with Crippen LogP contribution in [-0.4, -0.2) is 83.4 Å². The molecule has 1 spiro atoms. The molecule has 2 heterocycles. The lowest BCUT2D eigenvalue weighted by molar-refractivity contribution is -0.130. The van der Waals surface area contributed by atoms with Crippen molar-refractivity contribution in [3.8, 4) is 6.07 Å². The number of carbonyl (C=O) groups is 2. The van der Waals surface area contributed by atoms with Gasteiger partial charge in [0, 0.05) is 25.8 Å². The van der Waals surface area contributed by atoms with Crippen molar-refractivity contribution in [1.82, 2.24) is 24.7 Å². The van der Waals surface area contributed by atoms with Crippen molar-refractivity contribution in [2.45, 2.75) is 36.8 Å². The monoisotopic (exact) mass is 461 g/mol. The number of anilines is 1. The number of benzene rings is 1. The highest BCUT2D eigenvalue weighted by atomic mass is 16.2. The predicted octanol–water partition coefficient (Wildman–Crippen LogP) is 2.45. The zero-order chi connectivity index (χ0) is 24.5. The lowest BCUT2D eigenvalue weighted by Crippen LogP contribution is -2.57. The number of likely N-dealkylation sites (N-methyl/N-ethyl adjacent to an activating group) is 1. The Hall–Kier alpha value is -3.51. The molecule has 1 saturated carbocycles. The topological polar surface area (TPSA) is 96.7 Å². The number of carbonyl (C=O) groups excluding carboxylic acids is 2. The van der Waals surface area contributed by atoms with Crippen LogP contribution in [-0.2, 0) is 10.3 Å². The SMILES string of the molecule is CN(C)C(=O)CN1C(=O)N(c2ccnc(C#N)n2)C[C@]12CC[C@@](c1ccccc1)(N(C)C)CC2. The minimum absolute atomic E-state index is 0.0127. The number of urea groups is 1. The van der Waals surface area contributed by atoms with Gasteiger partial charge in [-0.15, -0.1) is 0 Å². The zero-order valence-electron chi connectivity index (χ0n) is 20.2. The van der Waals surface area contributed by atoms with Gasteiger partial charge in [0.15, 0.2) is 0 Å². The molecule has 2 aromatic rings. The standard InChI is InChI=1S/C25H31N7O2/c1-29(2)22(33)17-32-23(34)31(21-10-15-27-20(16-26)28-21)18-24(32)11-13-25(14-12-24,30(3)4)19-8-6-5-7-9-19/h5-10,15H,11-14,17-18H2,1-4H3/t24-,25-. The number of rotatable bonds is 5. The van der Waals surface area contributed by atoms with Crippen LogP contribution in [0.15, 0.2) is 42.6 Å². The van der Waals surface area contributed by atoms with Crippen molar-refractivity contribution >= 4 is 17.8 Å². The van der Waals surface area contributed by atoms with Crippen LogP contribution in [0.3, 0.4) is 0 Å². The van der Waals surface area contributed by atoms with E-state index in [9.17, 15) is 14.9 Å². The number of nitrogens with zero attached hydrogens (tertiary/aromatic N) is 7. The largest absolute Gasteiger partial charge is 0.347 e. The average molecular weight is 462 g/mol. The second-order valence-corrected chi connectivity index (χ2v) is 9.61. The molecule has 9 nitrogen and oxygen atoms in total. The van der Waals surface area contributed by atoms with E-state index in [-0.39, 0.29) is 29.8 Å². The minimum Gasteiger partial charge on any atom is -0.347 e. The van der Waals surface area contributed by atoms with Gasteiger partial charge in [0.1, 0.15) is 18.4 Å². The molecule has 4 rings (SSSR count). The van der Waals surface area contributed by atoms with Crippen molar-refractivity contribution in [1.29, 1.82) is 5.26 Å². The van der Waals surface area contributed by atoms with E-state index >= 15 is 0 Å². The molecule has 0 unspecified atom stereocenters. The smallest absolute Gasteiger partial charge is 0.326 e. The second kappa shape index (κ2) is 9.03. The fourth-order valence-electron chi connectivity index (χ4n) is 5.34. The molecule has 1 aliphatic heterocycles. The molecule has 3 amide bonds. The molecule has 178 valence electrons. The quantitative estimate of drug-likeness (QED) is 0.679. The first-order chi connectivity index (χ1) is 16.2. The number of aromatic nitrogens is 2. The number of amides is 3. The molecular weight excluding hydrogens is 430 g/mol. The summed E-state index contributed by atoms with van der Waals surface area (Å²) in [6, 6.07) is 13.8. The van der Waals surface area contributed by atoms with Crippen LogP contribution in [0, 0.1) is 11.3 Å². The Morgan fingerprint density at radius 2 is 1.76 bits per heavy atom. The predicted molar refractivity (Wildman–Crippen MR) is 128 cm³/mol. The third-order valence-electron chi connectivity index (χ3n) is 7.47. The molecular formula is C25H31N7O2. The molecule has 9 heteroatoms. The van der Waals surface area contributed by atoms with Crippen molar-refractivity contribution in [2.24, 2.45) is 0 Å². The maximum Gasteiger partial charge on any atom is 0.326 e. The normalized spacial score (nSPS) is 24.5. The Morgan fingerprint density at radius 3 is 2.35 bits per heavy atom. The van der Waals surface area contributed by atoms with Crippen molar-refractivity contribution < 1.29 is 9.59 Å². The van der Waals surface area contributed by atoms with Gasteiger partial charge >= 0.3 is 6.03 Å². The van der Waals surface area contributed by atoms with Crippen LogP contribution in [0.4, 0.5) is 10.6 Å². The summed E-state index contributed by atoms with van der Waals surface area (Å²) in [4.78, 5) is 41.6. The van der Waals surface area contributed by atoms with Crippen LogP contribution < -0.4 is 4.90 Å². The number of hydrogen-bond acceptors (Lipinski definition) is 6. The Bertz CT molecular complexity index is 1100. The third kappa shape index (κ3) is 3.99. The molecule has 34 heavy (non-hydrogen) atoms. The second-order valence-electron chi connectivity index (χ2n) is 9.61. The lowest BCUT2D eigenvalue weighted by atomic mass is 9.68. The highest BCUT2D eigenvalue weighted by Crippen LogP contribution is 2.49. The Kier molecular flexibility index (Phi) is 6.28. The number of hydrogen-bond donors (Lipinski definition) is 0. The van der Waals surface area contributed by atoms with Crippen molar-refractivity contribution in [2.75, 3.05) is 46.2 Å². The van der Waals surface area contributed by atoms with E-state index in [1.54, 1.807) is 30.0 Å². The van der Waals surface area contributed by atoms with Gasteiger partial charge in [0.05, 0.1) is 12.1 Å². The summed E-state index contributed by atoms with van der Waals surface area (Å²) in [7, 11) is 7.61. The Labute approximate surface area is 200 Å². The summed E-state index contributed by atoms with van der Waals surface area (Å²) in [5, 5.41) is 9.22. The maximum absolute atomic E-state index is 13.6. The highest BCUT2D eigenvalue weighted by molar-refractivity contribution is 5.97. The first-order valence-electron chi connectivity index (χ1n) is 11.5. The summed E-state index contributed by atoms with van der Waals surface area (Å²) in [5.74, 6) is 0.284. The molecule has 0 atom stereocenters. The minimum atomic E-state index is -0.491. The Morgan fingerprint density at radius 1 is 1.09 bits per heavy atom. The first-order valence-corrected chi connectivity index (χ1v) is 11.5.